The van der Waals surface area contributed by atoms with Crippen LogP contribution in [-0.4, -0.2) is 75.9 Å². The lowest BCUT2D eigenvalue weighted by molar-refractivity contribution is -0.121. The molecule has 3 amide bonds. The van der Waals surface area contributed by atoms with Gasteiger partial charge in [-0.25, -0.2) is 13.2 Å². The van der Waals surface area contributed by atoms with Gasteiger partial charge in [0.25, 0.3) is 0 Å². The Kier molecular flexibility index (Phi) is 8.02. The van der Waals surface area contributed by atoms with E-state index in [4.69, 9.17) is 4.74 Å². The second-order valence-electron chi connectivity index (χ2n) is 6.99. The lowest BCUT2D eigenvalue weighted by Crippen LogP contribution is -2.52. The minimum absolute atomic E-state index is 0.0365. The fourth-order valence-corrected chi connectivity index (χ4v) is 5.32. The Labute approximate surface area is 186 Å². The van der Waals surface area contributed by atoms with Gasteiger partial charge in [0.1, 0.15) is 5.75 Å². The van der Waals surface area contributed by atoms with Crippen molar-refractivity contribution < 1.29 is 22.7 Å². The van der Waals surface area contributed by atoms with Crippen LogP contribution in [0.1, 0.15) is 4.88 Å². The minimum atomic E-state index is -3.60. The molecule has 1 aromatic heterocycles. The van der Waals surface area contributed by atoms with Gasteiger partial charge >= 0.3 is 6.03 Å². The molecule has 31 heavy (non-hydrogen) atoms. The van der Waals surface area contributed by atoms with E-state index in [1.54, 1.807) is 23.5 Å². The molecule has 0 spiro atoms. The number of piperazine rings is 1. The molecule has 1 aromatic carbocycles. The van der Waals surface area contributed by atoms with Crippen LogP contribution in [0.15, 0.2) is 46.7 Å². The maximum absolute atomic E-state index is 12.8. The molecule has 9 nitrogen and oxygen atoms in total. The number of carbonyl (C=O) groups is 2. The fraction of sp³-hybridized carbons (Fsp3) is 0.400. The second-order valence-corrected chi connectivity index (χ2v) is 9.96. The number of amides is 3. The van der Waals surface area contributed by atoms with E-state index >= 15 is 0 Å². The summed E-state index contributed by atoms with van der Waals surface area (Å²) in [5.74, 6) is 0.172. The van der Waals surface area contributed by atoms with Crippen molar-refractivity contribution in [2.24, 2.45) is 0 Å². The molecular formula is C20H26N4O5S2. The predicted octanol–water partition coefficient (Wildman–Crippen LogP) is 1.13. The summed E-state index contributed by atoms with van der Waals surface area (Å²) in [5, 5.41) is 6.95. The van der Waals surface area contributed by atoms with Gasteiger partial charge in [0.2, 0.25) is 15.9 Å². The highest BCUT2D eigenvalue weighted by molar-refractivity contribution is 7.89. The molecule has 2 heterocycles. The summed E-state index contributed by atoms with van der Waals surface area (Å²) in [6.07, 6.45) is 0.712. The van der Waals surface area contributed by atoms with Crippen LogP contribution in [0.5, 0.6) is 5.75 Å². The molecule has 2 aromatic rings. The molecule has 0 saturated carbocycles. The average molecular weight is 467 g/mol. The lowest BCUT2D eigenvalue weighted by Gasteiger charge is -2.33. The number of hydrogen-bond acceptors (Lipinski definition) is 7. The van der Waals surface area contributed by atoms with E-state index in [0.29, 0.717) is 31.8 Å². The van der Waals surface area contributed by atoms with Gasteiger partial charge in [0.15, 0.2) is 0 Å². The van der Waals surface area contributed by atoms with Crippen molar-refractivity contribution in [3.05, 3.63) is 46.7 Å². The molecule has 2 N–H and O–H groups in total. The number of ether oxygens (including phenoxy) is 1. The lowest BCUT2D eigenvalue weighted by atomic mass is 10.3. The van der Waals surface area contributed by atoms with E-state index in [1.165, 1.54) is 23.5 Å². The number of benzene rings is 1. The molecule has 1 fully saturated rings. The Balaban J connectivity index is 1.40. The Morgan fingerprint density at radius 1 is 1.10 bits per heavy atom. The highest BCUT2D eigenvalue weighted by atomic mass is 32.2. The molecule has 11 heteroatoms. The summed E-state index contributed by atoms with van der Waals surface area (Å²) in [7, 11) is -2.08. The van der Waals surface area contributed by atoms with Crippen LogP contribution < -0.4 is 15.4 Å². The molecule has 1 aliphatic heterocycles. The van der Waals surface area contributed by atoms with Crippen LogP contribution >= 0.6 is 11.3 Å². The Bertz CT molecular complexity index is 970. The van der Waals surface area contributed by atoms with E-state index in [2.05, 4.69) is 10.6 Å². The minimum Gasteiger partial charge on any atom is -0.497 e. The predicted molar refractivity (Wildman–Crippen MR) is 118 cm³/mol. The summed E-state index contributed by atoms with van der Waals surface area (Å²) in [5.41, 5.74) is 0. The highest BCUT2D eigenvalue weighted by Crippen LogP contribution is 2.20. The van der Waals surface area contributed by atoms with Crippen LogP contribution in [0.25, 0.3) is 0 Å². The normalized spacial score (nSPS) is 15.4. The number of nitrogens with one attached hydrogen (secondary N) is 2. The van der Waals surface area contributed by atoms with E-state index < -0.39 is 22.0 Å². The zero-order valence-corrected chi connectivity index (χ0v) is 18.9. The van der Waals surface area contributed by atoms with Gasteiger partial charge in [-0.15, -0.1) is 11.3 Å². The van der Waals surface area contributed by atoms with Crippen LogP contribution in [0.2, 0.25) is 0 Å². The number of carbonyl (C=O) groups excluding carboxylic acids is 2. The third-order valence-corrected chi connectivity index (χ3v) is 7.73. The quantitative estimate of drug-likeness (QED) is 0.604. The van der Waals surface area contributed by atoms with Gasteiger partial charge in [-0.05, 0) is 42.1 Å². The topological polar surface area (TPSA) is 108 Å². The van der Waals surface area contributed by atoms with Crippen molar-refractivity contribution in [1.82, 2.24) is 19.8 Å². The molecule has 1 saturated heterocycles. The molecule has 0 bridgehead atoms. The molecule has 0 radical (unpaired) electrons. The van der Waals surface area contributed by atoms with E-state index in [0.717, 1.165) is 4.88 Å². The van der Waals surface area contributed by atoms with Crippen molar-refractivity contribution in [1.29, 1.82) is 0 Å². The molecule has 0 unspecified atom stereocenters. The van der Waals surface area contributed by atoms with E-state index in [9.17, 15) is 18.0 Å². The first-order valence-corrected chi connectivity index (χ1v) is 12.2. The van der Waals surface area contributed by atoms with Gasteiger partial charge in [-0.3, -0.25) is 15.0 Å². The number of nitrogens with zero attached hydrogens (tertiary/aromatic N) is 2. The zero-order valence-electron chi connectivity index (χ0n) is 17.2. The molecular weight excluding hydrogens is 440 g/mol. The van der Waals surface area contributed by atoms with Gasteiger partial charge in [0, 0.05) is 37.6 Å². The summed E-state index contributed by atoms with van der Waals surface area (Å²) < 4.78 is 32.0. The van der Waals surface area contributed by atoms with E-state index in [-0.39, 0.29) is 24.5 Å². The Hall–Kier alpha value is -2.47. The van der Waals surface area contributed by atoms with Gasteiger partial charge in [0.05, 0.1) is 18.6 Å². The number of rotatable bonds is 8. The maximum Gasteiger partial charge on any atom is 0.321 e. The smallest absolute Gasteiger partial charge is 0.321 e. The van der Waals surface area contributed by atoms with Crippen LogP contribution in [0.4, 0.5) is 4.79 Å². The van der Waals surface area contributed by atoms with Gasteiger partial charge in [-0.1, -0.05) is 6.07 Å². The van der Waals surface area contributed by atoms with Crippen molar-refractivity contribution in [3.8, 4) is 5.75 Å². The third-order valence-electron chi connectivity index (χ3n) is 4.89. The Morgan fingerprint density at radius 3 is 2.42 bits per heavy atom. The highest BCUT2D eigenvalue weighted by Gasteiger charge is 2.29. The molecule has 0 atom stereocenters. The summed E-state index contributed by atoms with van der Waals surface area (Å²) >= 11 is 1.62. The van der Waals surface area contributed by atoms with Gasteiger partial charge < -0.3 is 10.1 Å². The third kappa shape index (κ3) is 6.50. The molecule has 168 valence electrons. The molecule has 1 aliphatic rings. The standard InChI is InChI=1S/C20H26N4O5S2/c1-29-16-4-6-18(7-5-16)31(27,28)24-12-10-23(11-13-24)15-19(25)22-20(26)21-9-8-17-3-2-14-30-17/h2-7,14H,8-13,15H2,1H3,(H2,21,22,25,26). The largest absolute Gasteiger partial charge is 0.497 e. The van der Waals surface area contributed by atoms with Crippen LogP contribution in [0.3, 0.4) is 0 Å². The zero-order chi connectivity index (χ0) is 22.3. The number of imide groups is 1. The number of sulfonamides is 1. The number of hydrogen-bond donors (Lipinski definition) is 2. The second kappa shape index (κ2) is 10.7. The summed E-state index contributed by atoms with van der Waals surface area (Å²) in [4.78, 5) is 27.2. The molecule has 0 aliphatic carbocycles. The van der Waals surface area contributed by atoms with E-state index in [1.807, 2.05) is 22.4 Å². The van der Waals surface area contributed by atoms with Crippen LogP contribution in [0, 0.1) is 0 Å². The first kappa shape index (κ1) is 23.2. The summed E-state index contributed by atoms with van der Waals surface area (Å²) in [6, 6.07) is 9.67. The van der Waals surface area contributed by atoms with Crippen molar-refractivity contribution in [2.45, 2.75) is 11.3 Å². The van der Waals surface area contributed by atoms with Gasteiger partial charge in [-0.2, -0.15) is 4.31 Å². The first-order chi connectivity index (χ1) is 14.9. The molecule has 3 rings (SSSR count). The summed E-state index contributed by atoms with van der Waals surface area (Å²) in [6.45, 7) is 1.84. The number of urea groups is 1. The fourth-order valence-electron chi connectivity index (χ4n) is 3.19. The number of methoxy groups -OCH3 is 1. The van der Waals surface area contributed by atoms with Crippen molar-refractivity contribution in [2.75, 3.05) is 46.4 Å². The average Bonchev–Trinajstić information content (AvgIpc) is 3.27. The van der Waals surface area contributed by atoms with Crippen molar-refractivity contribution >= 4 is 33.3 Å². The van der Waals surface area contributed by atoms with Crippen LogP contribution in [-0.2, 0) is 21.2 Å². The SMILES string of the molecule is COc1ccc(S(=O)(=O)N2CCN(CC(=O)NC(=O)NCCc3cccs3)CC2)cc1. The monoisotopic (exact) mass is 466 g/mol. The van der Waals surface area contributed by atoms with Crippen molar-refractivity contribution in [3.63, 3.8) is 0 Å². The Morgan fingerprint density at radius 2 is 1.81 bits per heavy atom. The first-order valence-electron chi connectivity index (χ1n) is 9.85. The number of thiophene rings is 1. The maximum atomic E-state index is 12.8.